The number of rotatable bonds is 4. The Kier molecular flexibility index (Phi) is 4.44. The first-order valence-corrected chi connectivity index (χ1v) is 9.03. The van der Waals surface area contributed by atoms with Crippen molar-refractivity contribution >= 4 is 22.8 Å². The molecule has 4 aromatic rings. The van der Waals surface area contributed by atoms with Gasteiger partial charge < -0.3 is 0 Å². The predicted molar refractivity (Wildman–Crippen MR) is 97.5 cm³/mol. The SMILES string of the molecule is Cc1[nH]nc2nc(SCc3ccccn3)n(-c3ccc(F)cc3F)c(=N)c12. The molecule has 0 fully saturated rings. The number of pyridine rings is 1. The maximum Gasteiger partial charge on any atom is 0.187 e. The fourth-order valence-corrected chi connectivity index (χ4v) is 3.65. The zero-order valence-electron chi connectivity index (χ0n) is 14.2. The van der Waals surface area contributed by atoms with E-state index in [4.69, 9.17) is 5.41 Å². The number of aryl methyl sites for hydroxylation is 1. The van der Waals surface area contributed by atoms with Crippen LogP contribution in [0.3, 0.4) is 0 Å². The summed E-state index contributed by atoms with van der Waals surface area (Å²) in [6.45, 7) is 1.76. The summed E-state index contributed by atoms with van der Waals surface area (Å²) >= 11 is 1.30. The normalized spacial score (nSPS) is 11.2. The molecule has 0 aliphatic heterocycles. The molecule has 0 spiro atoms. The van der Waals surface area contributed by atoms with Gasteiger partial charge in [-0.2, -0.15) is 5.10 Å². The molecule has 1 aromatic carbocycles. The number of nitrogens with one attached hydrogen (secondary N) is 2. The van der Waals surface area contributed by atoms with Crippen molar-refractivity contribution in [3.05, 3.63) is 71.1 Å². The molecule has 0 bridgehead atoms. The highest BCUT2D eigenvalue weighted by molar-refractivity contribution is 7.98. The van der Waals surface area contributed by atoms with Crippen LogP contribution >= 0.6 is 11.8 Å². The molecule has 6 nitrogen and oxygen atoms in total. The maximum absolute atomic E-state index is 14.5. The molecule has 0 saturated carbocycles. The predicted octanol–water partition coefficient (Wildman–Crippen LogP) is 3.50. The third-order valence-corrected chi connectivity index (χ3v) is 4.98. The second-order valence-corrected chi connectivity index (χ2v) is 6.77. The van der Waals surface area contributed by atoms with Gasteiger partial charge in [0, 0.05) is 23.7 Å². The highest BCUT2D eigenvalue weighted by atomic mass is 32.2. The van der Waals surface area contributed by atoms with Crippen molar-refractivity contribution in [1.82, 2.24) is 24.7 Å². The Morgan fingerprint density at radius 2 is 2.07 bits per heavy atom. The summed E-state index contributed by atoms with van der Waals surface area (Å²) in [4.78, 5) is 8.75. The molecule has 0 atom stereocenters. The molecule has 4 rings (SSSR count). The molecule has 0 saturated heterocycles. The van der Waals surface area contributed by atoms with E-state index < -0.39 is 11.6 Å². The number of fused-ring (bicyclic) bond motifs is 1. The molecule has 27 heavy (non-hydrogen) atoms. The standard InChI is InChI=1S/C18H14F2N6S/c1-10-15-16(21)26(14-6-5-11(19)8-13(14)20)18(23-17(15)25-24-10)27-9-12-4-2-3-7-22-12/h2-8,21H,9H2,1H3,(H,24,25). The molecule has 2 N–H and O–H groups in total. The third kappa shape index (κ3) is 3.21. The van der Waals surface area contributed by atoms with Crippen molar-refractivity contribution in [2.24, 2.45) is 0 Å². The second kappa shape index (κ2) is 6.92. The van der Waals surface area contributed by atoms with Crippen molar-refractivity contribution < 1.29 is 8.78 Å². The highest BCUT2D eigenvalue weighted by Crippen LogP contribution is 2.25. The number of thioether (sulfide) groups is 1. The lowest BCUT2D eigenvalue weighted by Crippen LogP contribution is -2.23. The van der Waals surface area contributed by atoms with E-state index >= 15 is 0 Å². The molecule has 3 aromatic heterocycles. The Morgan fingerprint density at radius 1 is 1.22 bits per heavy atom. The number of hydrogen-bond acceptors (Lipinski definition) is 5. The number of halogens is 2. The van der Waals surface area contributed by atoms with Gasteiger partial charge in [-0.3, -0.25) is 20.1 Å². The molecule has 9 heteroatoms. The molecular formula is C18H14F2N6S. The fourth-order valence-electron chi connectivity index (χ4n) is 2.73. The van der Waals surface area contributed by atoms with Crippen molar-refractivity contribution in [2.75, 3.05) is 0 Å². The number of hydrogen-bond donors (Lipinski definition) is 2. The van der Waals surface area contributed by atoms with Gasteiger partial charge in [-0.05, 0) is 31.2 Å². The number of nitrogens with zero attached hydrogens (tertiary/aromatic N) is 4. The Hall–Kier alpha value is -3.07. The first-order valence-electron chi connectivity index (χ1n) is 8.05. The largest absolute Gasteiger partial charge is 0.283 e. The lowest BCUT2D eigenvalue weighted by molar-refractivity contribution is 0.571. The van der Waals surface area contributed by atoms with Crippen molar-refractivity contribution in [1.29, 1.82) is 5.41 Å². The van der Waals surface area contributed by atoms with Crippen LogP contribution in [0.25, 0.3) is 16.7 Å². The Morgan fingerprint density at radius 3 is 2.81 bits per heavy atom. The average molecular weight is 384 g/mol. The van der Waals surface area contributed by atoms with E-state index in [2.05, 4.69) is 20.2 Å². The van der Waals surface area contributed by atoms with E-state index in [0.717, 1.165) is 17.8 Å². The molecule has 3 heterocycles. The Balaban J connectivity index is 1.89. The van der Waals surface area contributed by atoms with Crippen LogP contribution in [0.1, 0.15) is 11.4 Å². The maximum atomic E-state index is 14.5. The molecular weight excluding hydrogens is 370 g/mol. The van der Waals surface area contributed by atoms with Crippen LogP contribution in [-0.4, -0.2) is 24.7 Å². The Labute approximate surface area is 156 Å². The highest BCUT2D eigenvalue weighted by Gasteiger charge is 2.18. The van der Waals surface area contributed by atoms with Crippen LogP contribution in [0.2, 0.25) is 0 Å². The molecule has 0 amide bonds. The van der Waals surface area contributed by atoms with Crippen molar-refractivity contribution in [3.63, 3.8) is 0 Å². The summed E-state index contributed by atoms with van der Waals surface area (Å²) < 4.78 is 29.2. The average Bonchev–Trinajstić information content (AvgIpc) is 3.03. The van der Waals surface area contributed by atoms with Gasteiger partial charge in [-0.25, -0.2) is 13.8 Å². The number of H-pyrrole nitrogens is 1. The lowest BCUT2D eigenvalue weighted by Gasteiger charge is -2.14. The van der Waals surface area contributed by atoms with Gasteiger partial charge in [0.2, 0.25) is 0 Å². The monoisotopic (exact) mass is 384 g/mol. The minimum Gasteiger partial charge on any atom is -0.283 e. The zero-order valence-corrected chi connectivity index (χ0v) is 15.0. The molecule has 0 aliphatic rings. The van der Waals surface area contributed by atoms with Gasteiger partial charge in [0.15, 0.2) is 10.8 Å². The van der Waals surface area contributed by atoms with E-state index in [1.54, 1.807) is 13.1 Å². The first kappa shape index (κ1) is 17.3. The number of aromatic nitrogens is 5. The minimum atomic E-state index is -0.768. The van der Waals surface area contributed by atoms with Gasteiger partial charge in [-0.15, -0.1) is 0 Å². The van der Waals surface area contributed by atoms with Gasteiger partial charge in [0.25, 0.3) is 0 Å². The van der Waals surface area contributed by atoms with Gasteiger partial charge in [-0.1, -0.05) is 17.8 Å². The Bertz CT molecular complexity index is 1190. The van der Waals surface area contributed by atoms with E-state index in [-0.39, 0.29) is 11.2 Å². The number of aromatic amines is 1. The third-order valence-electron chi connectivity index (χ3n) is 4.01. The van der Waals surface area contributed by atoms with Crippen LogP contribution in [0.4, 0.5) is 8.78 Å². The summed E-state index contributed by atoms with van der Waals surface area (Å²) in [6.07, 6.45) is 1.69. The summed E-state index contributed by atoms with van der Waals surface area (Å²) in [5.74, 6) is -0.972. The molecule has 0 aliphatic carbocycles. The van der Waals surface area contributed by atoms with E-state index in [0.29, 0.717) is 27.6 Å². The zero-order chi connectivity index (χ0) is 19.0. The summed E-state index contributed by atoms with van der Waals surface area (Å²) in [5, 5.41) is 16.4. The molecule has 0 unspecified atom stereocenters. The fraction of sp³-hybridized carbons (Fsp3) is 0.111. The van der Waals surface area contributed by atoms with Crippen molar-refractivity contribution in [3.8, 4) is 5.69 Å². The lowest BCUT2D eigenvalue weighted by atomic mass is 10.2. The minimum absolute atomic E-state index is 0.0280. The van der Waals surface area contributed by atoms with E-state index in [1.165, 1.54) is 22.4 Å². The van der Waals surface area contributed by atoms with E-state index in [9.17, 15) is 8.78 Å². The van der Waals surface area contributed by atoms with Crippen LogP contribution < -0.4 is 5.49 Å². The summed E-state index contributed by atoms with van der Waals surface area (Å²) in [5.41, 5.74) is 1.93. The van der Waals surface area contributed by atoms with Gasteiger partial charge >= 0.3 is 0 Å². The smallest absolute Gasteiger partial charge is 0.187 e. The van der Waals surface area contributed by atoms with Crippen LogP contribution in [-0.2, 0) is 5.75 Å². The van der Waals surface area contributed by atoms with Gasteiger partial charge in [0.1, 0.15) is 17.1 Å². The molecule has 0 radical (unpaired) electrons. The van der Waals surface area contributed by atoms with Crippen LogP contribution in [0, 0.1) is 24.0 Å². The van der Waals surface area contributed by atoms with E-state index in [1.807, 2.05) is 18.2 Å². The summed E-state index contributed by atoms with van der Waals surface area (Å²) in [6, 6.07) is 8.82. The molecule has 136 valence electrons. The first-order chi connectivity index (χ1) is 13.0. The van der Waals surface area contributed by atoms with Crippen molar-refractivity contribution in [2.45, 2.75) is 17.8 Å². The number of benzene rings is 1. The topological polar surface area (TPSA) is 83.2 Å². The van der Waals surface area contributed by atoms with Gasteiger partial charge in [0.05, 0.1) is 16.8 Å². The van der Waals surface area contributed by atoms with Crippen LogP contribution in [0.15, 0.2) is 47.8 Å². The second-order valence-electron chi connectivity index (χ2n) is 5.83. The quantitative estimate of drug-likeness (QED) is 0.417. The van der Waals surface area contributed by atoms with Crippen LogP contribution in [0.5, 0.6) is 0 Å². The summed E-state index contributed by atoms with van der Waals surface area (Å²) in [7, 11) is 0.